The van der Waals surface area contributed by atoms with Gasteiger partial charge in [-0.2, -0.15) is 0 Å². The number of carbonyl (C=O) groups is 2. The van der Waals surface area contributed by atoms with E-state index in [4.69, 9.17) is 0 Å². The largest absolute Gasteiger partial charge is 0.343 e. The van der Waals surface area contributed by atoms with E-state index in [-0.39, 0.29) is 17.7 Å². The van der Waals surface area contributed by atoms with Crippen molar-refractivity contribution < 1.29 is 14.2 Å². The van der Waals surface area contributed by atoms with E-state index in [2.05, 4.69) is 5.32 Å². The molecule has 0 aliphatic carbocycles. The Labute approximate surface area is 97.0 Å². The molecule has 5 heteroatoms. The number of piperidine rings is 1. The Kier molecular flexibility index (Phi) is 4.34. The van der Waals surface area contributed by atoms with Crippen LogP contribution in [0.4, 0.5) is 0 Å². The Bertz CT molecular complexity index is 329. The minimum Gasteiger partial charge on any atom is -0.307 e. The first-order valence-corrected chi connectivity index (χ1v) is 7.42. The summed E-state index contributed by atoms with van der Waals surface area (Å²) < 4.78 is 11.1. The summed E-state index contributed by atoms with van der Waals surface area (Å²) >= 11 is 0. The predicted molar refractivity (Wildman–Crippen MR) is 63.2 cm³/mol. The van der Waals surface area contributed by atoms with E-state index in [0.717, 1.165) is 13.0 Å². The molecule has 1 saturated heterocycles. The molecule has 0 aromatic carbocycles. The highest BCUT2D eigenvalue weighted by Gasteiger charge is 2.46. The minimum absolute atomic E-state index is 0.0121. The molecule has 0 spiro atoms. The molecule has 0 aromatic heterocycles. The third kappa shape index (κ3) is 2.74. The van der Waals surface area contributed by atoms with Crippen LogP contribution in [0, 0.1) is 5.41 Å². The van der Waals surface area contributed by atoms with Crippen molar-refractivity contribution in [1.29, 1.82) is 0 Å². The predicted octanol–water partition coefficient (Wildman–Crippen LogP) is 1.36. The molecule has 0 bridgehead atoms. The maximum atomic E-state index is 12.1. The van der Waals surface area contributed by atoms with Crippen LogP contribution < -0.4 is 5.32 Å². The van der Waals surface area contributed by atoms with Crippen LogP contribution in [0.25, 0.3) is 0 Å². The van der Waals surface area contributed by atoms with Crippen LogP contribution in [-0.2, 0) is 14.2 Å². The van der Waals surface area contributed by atoms with Gasteiger partial charge in [-0.1, -0.05) is 11.5 Å². The summed E-state index contributed by atoms with van der Waals surface area (Å²) in [6, 6.07) is -0.413. The molecule has 1 fully saturated rings. The summed E-state index contributed by atoms with van der Waals surface area (Å²) in [4.78, 5) is 23.6. The van der Waals surface area contributed by atoms with Crippen LogP contribution in [0.1, 0.15) is 26.7 Å². The van der Waals surface area contributed by atoms with Crippen molar-refractivity contribution in [3.05, 3.63) is 0 Å². The Hall–Kier alpha value is -0.600. The lowest BCUT2D eigenvalue weighted by molar-refractivity contribution is -0.135. The summed E-state index contributed by atoms with van der Waals surface area (Å²) in [6.45, 7) is 5.63. The van der Waals surface area contributed by atoms with Gasteiger partial charge in [0.15, 0.2) is 5.78 Å². The number of carbonyl (C=O) groups excluding carboxylic acids is 2. The molecule has 3 atom stereocenters. The lowest BCUT2D eigenvalue weighted by Crippen LogP contribution is -2.56. The second-order valence-electron chi connectivity index (χ2n) is 4.73. The van der Waals surface area contributed by atoms with Crippen LogP contribution in [0.5, 0.6) is 0 Å². The molecule has 0 aromatic rings. The Balaban J connectivity index is 2.89. The van der Waals surface area contributed by atoms with Crippen LogP contribution in [-0.4, -0.2) is 37.0 Å². The molecule has 3 unspecified atom stereocenters. The lowest BCUT2D eigenvalue weighted by Gasteiger charge is -2.38. The second-order valence-corrected chi connectivity index (χ2v) is 6.30. The summed E-state index contributed by atoms with van der Waals surface area (Å²) in [7, 11) is -1.47. The average Bonchev–Trinajstić information content (AvgIpc) is 2.16. The van der Waals surface area contributed by atoms with Gasteiger partial charge in [-0.3, -0.25) is 9.59 Å². The third-order valence-corrected chi connectivity index (χ3v) is 4.00. The van der Waals surface area contributed by atoms with E-state index in [1.165, 1.54) is 6.92 Å². The van der Waals surface area contributed by atoms with Crippen LogP contribution in [0.2, 0.25) is 0 Å². The number of Topliss-reactive ketones (excluding diaryl/α,β-unsaturated/α-hetero) is 2. The summed E-state index contributed by atoms with van der Waals surface area (Å²) in [5.74, 6) is -0.0645. The summed E-state index contributed by atoms with van der Waals surface area (Å²) in [5, 5.41) is 3.10. The van der Waals surface area contributed by atoms with Gasteiger partial charge in [0.2, 0.25) is 6.16 Å². The standard InChI is InChI=1S/C11H19NO3P/c1-8(13)10-11(2,5-4-6-12-10)9(14)7-16(3)15/h10,12H,4-7H2,1-3H3/q+1. The van der Waals surface area contributed by atoms with Crippen molar-refractivity contribution in [2.45, 2.75) is 32.7 Å². The Morgan fingerprint density at radius 3 is 2.62 bits per heavy atom. The zero-order chi connectivity index (χ0) is 12.3. The highest BCUT2D eigenvalue weighted by molar-refractivity contribution is 7.44. The van der Waals surface area contributed by atoms with E-state index < -0.39 is 19.3 Å². The fraction of sp³-hybridized carbons (Fsp3) is 0.818. The zero-order valence-electron chi connectivity index (χ0n) is 10.1. The zero-order valence-corrected chi connectivity index (χ0v) is 11.0. The van der Waals surface area contributed by atoms with Gasteiger partial charge < -0.3 is 5.32 Å². The van der Waals surface area contributed by atoms with Gasteiger partial charge in [0.05, 0.1) is 11.5 Å². The molecular formula is C11H19NO3P+. The molecule has 0 radical (unpaired) electrons. The number of hydrogen-bond acceptors (Lipinski definition) is 4. The van der Waals surface area contributed by atoms with Crippen LogP contribution >= 0.6 is 7.80 Å². The molecular weight excluding hydrogens is 225 g/mol. The first kappa shape index (κ1) is 13.5. The fourth-order valence-electron chi connectivity index (χ4n) is 2.35. The van der Waals surface area contributed by atoms with E-state index in [0.29, 0.717) is 6.42 Å². The van der Waals surface area contributed by atoms with Gasteiger partial charge >= 0.3 is 7.80 Å². The van der Waals surface area contributed by atoms with Gasteiger partial charge in [-0.15, -0.1) is 0 Å². The number of nitrogens with one attached hydrogen (secondary N) is 1. The first-order valence-electron chi connectivity index (χ1n) is 5.53. The van der Waals surface area contributed by atoms with E-state index in [1.807, 2.05) is 6.92 Å². The van der Waals surface area contributed by atoms with Gasteiger partial charge in [-0.25, -0.2) is 0 Å². The second kappa shape index (κ2) is 5.15. The van der Waals surface area contributed by atoms with Crippen molar-refractivity contribution >= 4 is 19.4 Å². The van der Waals surface area contributed by atoms with Crippen molar-refractivity contribution in [3.8, 4) is 0 Å². The van der Waals surface area contributed by atoms with E-state index >= 15 is 0 Å². The van der Waals surface area contributed by atoms with Crippen molar-refractivity contribution in [2.24, 2.45) is 5.41 Å². The lowest BCUT2D eigenvalue weighted by atomic mass is 9.71. The SMILES string of the molecule is CC(=O)C1NCCCC1(C)C(=O)C[P+](C)=O. The molecule has 1 aliphatic heterocycles. The maximum Gasteiger partial charge on any atom is 0.343 e. The quantitative estimate of drug-likeness (QED) is 0.758. The third-order valence-electron chi connectivity index (χ3n) is 3.27. The smallest absolute Gasteiger partial charge is 0.307 e. The van der Waals surface area contributed by atoms with Crippen molar-refractivity contribution in [2.75, 3.05) is 19.4 Å². The molecule has 0 amide bonds. The molecule has 1 aliphatic rings. The van der Waals surface area contributed by atoms with E-state index in [1.54, 1.807) is 6.66 Å². The topological polar surface area (TPSA) is 63.2 Å². The number of rotatable bonds is 4. The Morgan fingerprint density at radius 1 is 1.50 bits per heavy atom. The number of hydrogen-bond donors (Lipinski definition) is 1. The number of ketones is 2. The molecule has 1 N–H and O–H groups in total. The summed E-state index contributed by atoms with van der Waals surface area (Å²) in [5.41, 5.74) is -0.676. The van der Waals surface area contributed by atoms with E-state index in [9.17, 15) is 14.2 Å². The minimum atomic E-state index is -1.47. The van der Waals surface area contributed by atoms with Gasteiger partial charge in [-0.05, 0) is 26.3 Å². The highest BCUT2D eigenvalue weighted by atomic mass is 31.1. The fourth-order valence-corrected chi connectivity index (χ4v) is 3.11. The monoisotopic (exact) mass is 244 g/mol. The average molecular weight is 244 g/mol. The van der Waals surface area contributed by atoms with Crippen LogP contribution in [0.3, 0.4) is 0 Å². The first-order chi connectivity index (χ1) is 7.38. The van der Waals surface area contributed by atoms with Gasteiger partial charge in [0, 0.05) is 0 Å². The normalized spacial score (nSPS) is 30.9. The van der Waals surface area contributed by atoms with Crippen molar-refractivity contribution in [1.82, 2.24) is 5.32 Å². The molecule has 4 nitrogen and oxygen atoms in total. The van der Waals surface area contributed by atoms with Crippen LogP contribution in [0.15, 0.2) is 0 Å². The maximum absolute atomic E-state index is 12.1. The molecule has 1 heterocycles. The van der Waals surface area contributed by atoms with Crippen molar-refractivity contribution in [3.63, 3.8) is 0 Å². The highest BCUT2D eigenvalue weighted by Crippen LogP contribution is 2.35. The molecule has 16 heavy (non-hydrogen) atoms. The molecule has 1 rings (SSSR count). The van der Waals surface area contributed by atoms with Gasteiger partial charge in [0.25, 0.3) is 0 Å². The van der Waals surface area contributed by atoms with Gasteiger partial charge in [0.1, 0.15) is 12.4 Å². The molecule has 90 valence electrons. The summed E-state index contributed by atoms with van der Waals surface area (Å²) in [6.07, 6.45) is 1.66. The Morgan fingerprint density at radius 2 is 2.12 bits per heavy atom. The molecule has 0 saturated carbocycles.